The number of amides is 1. The molecule has 0 spiro atoms. The normalized spacial score (nSPS) is 45.9. The van der Waals surface area contributed by atoms with Gasteiger partial charge in [0.05, 0.1) is 0 Å². The first kappa shape index (κ1) is 24.6. The summed E-state index contributed by atoms with van der Waals surface area (Å²) in [5.74, 6) is 2.39. The van der Waals surface area contributed by atoms with Crippen LogP contribution in [0, 0.1) is 46.3 Å². The maximum atomic E-state index is 11.6. The molecule has 0 saturated heterocycles. The van der Waals surface area contributed by atoms with Crippen LogP contribution in [0.25, 0.3) is 0 Å². The van der Waals surface area contributed by atoms with Gasteiger partial charge >= 0.3 is 29.6 Å². The van der Waals surface area contributed by atoms with Crippen molar-refractivity contribution in [3.05, 3.63) is 0 Å². The summed E-state index contributed by atoms with van der Waals surface area (Å²) in [5, 5.41) is 13.5. The van der Waals surface area contributed by atoms with E-state index >= 15 is 0 Å². The van der Waals surface area contributed by atoms with Crippen molar-refractivity contribution in [1.29, 1.82) is 0 Å². The summed E-state index contributed by atoms with van der Waals surface area (Å²) in [7, 11) is 0. The molecule has 30 heavy (non-hydrogen) atoms. The number of rotatable bonds is 3. The van der Waals surface area contributed by atoms with Crippen LogP contribution in [0.1, 0.15) is 91.9 Å². The zero-order valence-electron chi connectivity index (χ0n) is 19.8. The molecule has 5 heteroatoms. The quantitative estimate of drug-likeness (QED) is 0.540. The Morgan fingerprint density at radius 1 is 1.00 bits per heavy atom. The van der Waals surface area contributed by atoms with Gasteiger partial charge in [-0.05, 0) is 104 Å². The molecular formula is C25H40NNaO3. The number of aliphatic carboxylic acids is 1. The predicted octanol–water partition coefficient (Wildman–Crippen LogP) is 0.930. The van der Waals surface area contributed by atoms with E-state index in [2.05, 4.69) is 33.0 Å². The molecule has 0 aromatic heterocycles. The van der Waals surface area contributed by atoms with E-state index in [1.54, 1.807) is 0 Å². The topological polar surface area (TPSA) is 69.2 Å². The minimum atomic E-state index is -1.61. The number of carboxylic acids is 1. The number of hydrogen-bond donors (Lipinski definition) is 1. The summed E-state index contributed by atoms with van der Waals surface area (Å²) >= 11 is 0. The molecule has 0 aliphatic heterocycles. The van der Waals surface area contributed by atoms with E-state index < -0.39 is 11.9 Å². The van der Waals surface area contributed by atoms with Gasteiger partial charge in [0.15, 0.2) is 0 Å². The Labute approximate surface area is 205 Å². The van der Waals surface area contributed by atoms with E-state index in [0.29, 0.717) is 16.7 Å². The molecule has 0 heterocycles. The number of fused-ring (bicyclic) bond motifs is 5. The molecule has 4 aliphatic carbocycles. The minimum Gasteiger partial charge on any atom is -0.540 e. The summed E-state index contributed by atoms with van der Waals surface area (Å²) in [6.07, 6.45) is 12.5. The van der Waals surface area contributed by atoms with Gasteiger partial charge in [-0.3, -0.25) is 4.79 Å². The summed E-state index contributed by atoms with van der Waals surface area (Å²) in [4.78, 5) is 22.4. The molecule has 4 saturated carbocycles. The fraction of sp³-hybridized carbons (Fsp3) is 0.920. The summed E-state index contributed by atoms with van der Waals surface area (Å²) in [6, 6.07) is 0.00476. The van der Waals surface area contributed by atoms with Gasteiger partial charge in [-0.2, -0.15) is 0 Å². The maximum absolute atomic E-state index is 11.6. The summed E-state index contributed by atoms with van der Waals surface area (Å²) in [6.45, 7) is 9.98. The molecular weight excluding hydrogens is 385 g/mol. The van der Waals surface area contributed by atoms with Gasteiger partial charge in [0.25, 0.3) is 5.91 Å². The summed E-state index contributed by atoms with van der Waals surface area (Å²) < 4.78 is 0. The second-order valence-corrected chi connectivity index (χ2v) is 11.5. The monoisotopic (exact) mass is 425 g/mol. The molecule has 0 aromatic rings. The van der Waals surface area contributed by atoms with Crippen molar-refractivity contribution < 1.29 is 44.3 Å². The predicted molar refractivity (Wildman–Crippen MR) is 112 cm³/mol. The molecule has 4 aliphatic rings. The van der Waals surface area contributed by atoms with Crippen molar-refractivity contribution >= 4 is 11.9 Å². The van der Waals surface area contributed by atoms with Crippen LogP contribution in [0.2, 0.25) is 0 Å². The molecule has 4 fully saturated rings. The molecule has 1 N–H and O–H groups in total. The van der Waals surface area contributed by atoms with Gasteiger partial charge in [-0.1, -0.05) is 34.1 Å². The first-order valence-electron chi connectivity index (χ1n) is 12.2. The van der Waals surface area contributed by atoms with Gasteiger partial charge in [-0.25, -0.2) is 0 Å². The maximum Gasteiger partial charge on any atom is 1.00 e. The number of nitrogens with one attached hydrogen (secondary N) is 1. The smallest absolute Gasteiger partial charge is 0.540 e. The van der Waals surface area contributed by atoms with Crippen molar-refractivity contribution in [2.45, 2.75) is 97.9 Å². The number of carbonyl (C=O) groups is 2. The van der Waals surface area contributed by atoms with Crippen molar-refractivity contribution in [1.82, 2.24) is 5.32 Å². The third-order valence-corrected chi connectivity index (χ3v) is 10.6. The van der Waals surface area contributed by atoms with Crippen LogP contribution >= 0.6 is 0 Å². The second-order valence-electron chi connectivity index (χ2n) is 11.5. The Balaban J connectivity index is 0.00000256. The molecule has 4 nitrogen and oxygen atoms in total. The number of carbonyl (C=O) groups excluding carboxylic acids is 2. The molecule has 0 bridgehead atoms. The average molecular weight is 426 g/mol. The molecule has 2 unspecified atom stereocenters. The van der Waals surface area contributed by atoms with Gasteiger partial charge in [0.2, 0.25) is 0 Å². The van der Waals surface area contributed by atoms with Crippen LogP contribution < -0.4 is 40.0 Å². The Bertz CT molecular complexity index is 669. The van der Waals surface area contributed by atoms with Crippen LogP contribution in [0.5, 0.6) is 0 Å². The molecule has 0 radical (unpaired) electrons. The van der Waals surface area contributed by atoms with Gasteiger partial charge < -0.3 is 15.2 Å². The third kappa shape index (κ3) is 3.92. The second kappa shape index (κ2) is 9.06. The van der Waals surface area contributed by atoms with Gasteiger partial charge in [0, 0.05) is 6.04 Å². The Hall–Kier alpha value is -0.0600. The Morgan fingerprint density at radius 2 is 1.67 bits per heavy atom. The summed E-state index contributed by atoms with van der Waals surface area (Å²) in [5.41, 5.74) is 0.904. The van der Waals surface area contributed by atoms with Crippen LogP contribution in [0.15, 0.2) is 0 Å². The van der Waals surface area contributed by atoms with E-state index in [4.69, 9.17) is 0 Å². The first-order valence-corrected chi connectivity index (χ1v) is 12.2. The van der Waals surface area contributed by atoms with Crippen molar-refractivity contribution in [2.75, 3.05) is 0 Å². The van der Waals surface area contributed by atoms with Crippen LogP contribution in [-0.2, 0) is 9.59 Å². The molecule has 0 aromatic carbocycles. The van der Waals surface area contributed by atoms with Crippen LogP contribution in [0.3, 0.4) is 0 Å². The average Bonchev–Trinajstić information content (AvgIpc) is 3.04. The Kier molecular flexibility index (Phi) is 7.42. The fourth-order valence-corrected chi connectivity index (χ4v) is 8.89. The largest absolute Gasteiger partial charge is 1.00 e. The first-order chi connectivity index (χ1) is 13.7. The molecule has 9 atom stereocenters. The Morgan fingerprint density at radius 3 is 2.33 bits per heavy atom. The van der Waals surface area contributed by atoms with Crippen molar-refractivity contribution in [3.8, 4) is 0 Å². The van der Waals surface area contributed by atoms with E-state index in [1.165, 1.54) is 44.9 Å². The zero-order valence-corrected chi connectivity index (χ0v) is 21.8. The van der Waals surface area contributed by atoms with Crippen molar-refractivity contribution in [2.24, 2.45) is 46.3 Å². The third-order valence-electron chi connectivity index (χ3n) is 10.6. The molecule has 1 amide bonds. The van der Waals surface area contributed by atoms with Gasteiger partial charge in [0.1, 0.15) is 5.97 Å². The van der Waals surface area contributed by atoms with Crippen LogP contribution in [0.4, 0.5) is 0 Å². The standard InChI is InChI=1S/C25H41NO3.Na/c1-5-15(2)19-8-9-20-18-7-6-16-14-17(26-22(27)23(28)29)10-12-24(16,3)21(18)11-13-25(19,20)4;/h15-21H,5-14H2,1-4H3,(H,26,27)(H,28,29);/q;+1/p-1/t15-,16?,17-,18+,19?,20+,21+,24+,25-;/m1./s1. The van der Waals surface area contributed by atoms with Crippen molar-refractivity contribution in [3.63, 3.8) is 0 Å². The molecule has 4 rings (SSSR count). The molecule has 164 valence electrons. The van der Waals surface area contributed by atoms with E-state index in [9.17, 15) is 14.7 Å². The number of carboxylic acid groups (broad SMARTS) is 1. The van der Waals surface area contributed by atoms with Crippen LogP contribution in [-0.4, -0.2) is 17.9 Å². The van der Waals surface area contributed by atoms with Gasteiger partial charge in [-0.15, -0.1) is 0 Å². The number of hydrogen-bond acceptors (Lipinski definition) is 3. The van der Waals surface area contributed by atoms with E-state index in [0.717, 1.165) is 48.9 Å². The van der Waals surface area contributed by atoms with E-state index in [1.807, 2.05) is 0 Å². The SMILES string of the molecule is CC[C@@H](C)C1CC[C@H]2[C@@H]3CCC4C[C@H](NC(=O)C(=O)[O-])CC[C@]4(C)[C@H]3CC[C@]12C.[Na+]. The minimum absolute atomic E-state index is 0. The fourth-order valence-electron chi connectivity index (χ4n) is 8.89. The zero-order chi connectivity index (χ0) is 21.0. The van der Waals surface area contributed by atoms with E-state index in [-0.39, 0.29) is 35.6 Å².